The fraction of sp³-hybridized carbons (Fsp3) is 0.150. The molecule has 2 amide bonds. The number of rotatable bonds is 5. The van der Waals surface area contributed by atoms with Crippen LogP contribution in [0.4, 0.5) is 5.69 Å². The van der Waals surface area contributed by atoms with E-state index >= 15 is 0 Å². The lowest BCUT2D eigenvalue weighted by Crippen LogP contribution is -2.31. The summed E-state index contributed by atoms with van der Waals surface area (Å²) in [5.41, 5.74) is 2.09. The molecule has 0 saturated carbocycles. The lowest BCUT2D eigenvalue weighted by molar-refractivity contribution is -0.121. The van der Waals surface area contributed by atoms with Gasteiger partial charge in [-0.15, -0.1) is 0 Å². The van der Waals surface area contributed by atoms with Gasteiger partial charge in [0.25, 0.3) is 0 Å². The van der Waals surface area contributed by atoms with Crippen LogP contribution in [-0.4, -0.2) is 17.6 Å². The van der Waals surface area contributed by atoms with Crippen molar-refractivity contribution in [3.05, 3.63) is 75.2 Å². The van der Waals surface area contributed by atoms with Crippen molar-refractivity contribution in [2.45, 2.75) is 12.3 Å². The Morgan fingerprint density at radius 2 is 1.93 bits per heavy atom. The number of allylic oxidation sites excluding steroid dienone is 1. The van der Waals surface area contributed by atoms with Gasteiger partial charge in [-0.2, -0.15) is 5.26 Å². The molecule has 27 heavy (non-hydrogen) atoms. The van der Waals surface area contributed by atoms with Crippen LogP contribution >= 0.6 is 27.7 Å². The minimum Gasteiger partial charge on any atom is -0.325 e. The SMILES string of the molecule is N#CC1=C(SCC(=O)Nc2ccccc2)NC(=O)C[C@@H]1c1ccc(Br)cc1. The van der Waals surface area contributed by atoms with Crippen molar-refractivity contribution in [2.75, 3.05) is 11.1 Å². The van der Waals surface area contributed by atoms with Gasteiger partial charge in [-0.05, 0) is 29.8 Å². The lowest BCUT2D eigenvalue weighted by atomic mass is 9.87. The summed E-state index contributed by atoms with van der Waals surface area (Å²) < 4.78 is 0.932. The van der Waals surface area contributed by atoms with E-state index in [9.17, 15) is 14.9 Å². The molecule has 0 bridgehead atoms. The summed E-state index contributed by atoms with van der Waals surface area (Å²) in [5, 5.41) is 15.6. The average molecular weight is 442 g/mol. The number of nitriles is 1. The molecule has 2 aromatic rings. The molecule has 1 heterocycles. The molecule has 0 radical (unpaired) electrons. The lowest BCUT2D eigenvalue weighted by Gasteiger charge is -2.25. The Labute approximate surface area is 170 Å². The van der Waals surface area contributed by atoms with Crippen LogP contribution in [-0.2, 0) is 9.59 Å². The monoisotopic (exact) mass is 441 g/mol. The van der Waals surface area contributed by atoms with E-state index in [-0.39, 0.29) is 29.9 Å². The minimum absolute atomic E-state index is 0.0999. The molecule has 0 aromatic heterocycles. The molecule has 2 N–H and O–H groups in total. The first-order valence-electron chi connectivity index (χ1n) is 8.24. The first-order chi connectivity index (χ1) is 13.1. The summed E-state index contributed by atoms with van der Waals surface area (Å²) in [5.74, 6) is -0.566. The van der Waals surface area contributed by atoms with E-state index < -0.39 is 0 Å². The van der Waals surface area contributed by atoms with Crippen LogP contribution in [0.1, 0.15) is 17.9 Å². The second kappa shape index (κ2) is 8.89. The largest absolute Gasteiger partial charge is 0.325 e. The van der Waals surface area contributed by atoms with Gasteiger partial charge in [0.05, 0.1) is 22.4 Å². The molecule has 1 atom stereocenters. The highest BCUT2D eigenvalue weighted by atomic mass is 79.9. The highest BCUT2D eigenvalue weighted by molar-refractivity contribution is 9.10. The first-order valence-corrected chi connectivity index (χ1v) is 10.0. The van der Waals surface area contributed by atoms with Crippen molar-refractivity contribution in [1.29, 1.82) is 5.26 Å². The van der Waals surface area contributed by atoms with E-state index in [1.165, 1.54) is 11.8 Å². The molecule has 1 aliphatic rings. The van der Waals surface area contributed by atoms with Crippen molar-refractivity contribution >= 4 is 45.2 Å². The Bertz CT molecular complexity index is 920. The van der Waals surface area contributed by atoms with Crippen molar-refractivity contribution in [3.63, 3.8) is 0 Å². The Kier molecular flexibility index (Phi) is 6.32. The number of nitrogens with one attached hydrogen (secondary N) is 2. The molecule has 0 aliphatic carbocycles. The molecule has 0 saturated heterocycles. The number of hydrogen-bond acceptors (Lipinski definition) is 4. The van der Waals surface area contributed by atoms with Gasteiger partial charge >= 0.3 is 0 Å². The Morgan fingerprint density at radius 1 is 1.22 bits per heavy atom. The van der Waals surface area contributed by atoms with E-state index in [4.69, 9.17) is 0 Å². The summed E-state index contributed by atoms with van der Waals surface area (Å²) >= 11 is 4.56. The topological polar surface area (TPSA) is 82.0 Å². The number of carbonyl (C=O) groups excluding carboxylic acids is 2. The van der Waals surface area contributed by atoms with Crippen molar-refractivity contribution < 1.29 is 9.59 Å². The number of carbonyl (C=O) groups is 2. The van der Waals surface area contributed by atoms with E-state index in [0.29, 0.717) is 16.3 Å². The van der Waals surface area contributed by atoms with Crippen molar-refractivity contribution in [2.24, 2.45) is 0 Å². The van der Waals surface area contributed by atoms with Gasteiger partial charge < -0.3 is 10.6 Å². The molecule has 7 heteroatoms. The van der Waals surface area contributed by atoms with Gasteiger partial charge in [0.2, 0.25) is 11.8 Å². The first kappa shape index (κ1) is 19.2. The van der Waals surface area contributed by atoms with Crippen molar-refractivity contribution in [3.8, 4) is 6.07 Å². The zero-order valence-corrected chi connectivity index (χ0v) is 16.6. The molecule has 1 aliphatic heterocycles. The van der Waals surface area contributed by atoms with Crippen LogP contribution in [0, 0.1) is 11.3 Å². The van der Waals surface area contributed by atoms with E-state index in [0.717, 1.165) is 10.0 Å². The van der Waals surface area contributed by atoms with Crippen LogP contribution in [0.2, 0.25) is 0 Å². The molecule has 5 nitrogen and oxygen atoms in total. The van der Waals surface area contributed by atoms with Gasteiger partial charge in [0.15, 0.2) is 0 Å². The molecule has 2 aromatic carbocycles. The maximum absolute atomic E-state index is 12.2. The van der Waals surface area contributed by atoms with Crippen LogP contribution in [0.25, 0.3) is 0 Å². The Hall–Kier alpha value is -2.56. The van der Waals surface area contributed by atoms with Crippen molar-refractivity contribution in [1.82, 2.24) is 5.32 Å². The standard InChI is InChI=1S/C20H16BrN3O2S/c21-14-8-6-13(7-9-14)16-10-18(25)24-20(17(16)11-22)27-12-19(26)23-15-4-2-1-3-5-15/h1-9,16H,10,12H2,(H,23,26)(H,24,25)/t16-/m1/s1. The average Bonchev–Trinajstić information content (AvgIpc) is 2.67. The summed E-state index contributed by atoms with van der Waals surface area (Å²) in [6.45, 7) is 0. The third kappa shape index (κ3) is 5.00. The number of amides is 2. The third-order valence-electron chi connectivity index (χ3n) is 4.03. The zero-order chi connectivity index (χ0) is 19.2. The maximum Gasteiger partial charge on any atom is 0.234 e. The number of anilines is 1. The normalized spacial score (nSPS) is 16.4. The van der Waals surface area contributed by atoms with Crippen LogP contribution in [0.3, 0.4) is 0 Å². The highest BCUT2D eigenvalue weighted by Crippen LogP contribution is 2.36. The quantitative estimate of drug-likeness (QED) is 0.729. The molecular formula is C20H16BrN3O2S. The summed E-state index contributed by atoms with van der Waals surface area (Å²) in [6.07, 6.45) is 0.213. The molecule has 3 rings (SSSR count). The second-order valence-electron chi connectivity index (χ2n) is 5.91. The molecule has 0 spiro atoms. The number of benzene rings is 2. The maximum atomic E-state index is 12.2. The van der Waals surface area contributed by atoms with Crippen LogP contribution in [0.15, 0.2) is 69.7 Å². The summed E-state index contributed by atoms with van der Waals surface area (Å²) in [6, 6.07) is 18.9. The van der Waals surface area contributed by atoms with E-state index in [1.54, 1.807) is 12.1 Å². The van der Waals surface area contributed by atoms with Gasteiger partial charge in [-0.25, -0.2) is 0 Å². The Morgan fingerprint density at radius 3 is 2.59 bits per heavy atom. The number of para-hydroxylation sites is 1. The number of thioether (sulfide) groups is 1. The molecule has 0 fully saturated rings. The fourth-order valence-electron chi connectivity index (χ4n) is 2.77. The molecule has 0 unspecified atom stereocenters. The van der Waals surface area contributed by atoms with Gasteiger partial charge in [0, 0.05) is 22.5 Å². The summed E-state index contributed by atoms with van der Waals surface area (Å²) in [4.78, 5) is 24.3. The molecule has 136 valence electrons. The summed E-state index contributed by atoms with van der Waals surface area (Å²) in [7, 11) is 0. The van der Waals surface area contributed by atoms with E-state index in [2.05, 4.69) is 32.6 Å². The third-order valence-corrected chi connectivity index (χ3v) is 5.58. The second-order valence-corrected chi connectivity index (χ2v) is 7.82. The van der Waals surface area contributed by atoms with Crippen LogP contribution in [0.5, 0.6) is 0 Å². The number of halogens is 1. The number of nitrogens with zero attached hydrogens (tertiary/aromatic N) is 1. The predicted molar refractivity (Wildman–Crippen MR) is 110 cm³/mol. The minimum atomic E-state index is -0.309. The number of hydrogen-bond donors (Lipinski definition) is 2. The molecular weight excluding hydrogens is 426 g/mol. The van der Waals surface area contributed by atoms with Gasteiger partial charge in [0.1, 0.15) is 0 Å². The smallest absolute Gasteiger partial charge is 0.234 e. The predicted octanol–water partition coefficient (Wildman–Crippen LogP) is 4.16. The van der Waals surface area contributed by atoms with Gasteiger partial charge in [-0.3, -0.25) is 9.59 Å². The Balaban J connectivity index is 1.75. The van der Waals surface area contributed by atoms with E-state index in [1.807, 2.05) is 42.5 Å². The highest BCUT2D eigenvalue weighted by Gasteiger charge is 2.29. The van der Waals surface area contributed by atoms with Crippen LogP contribution < -0.4 is 10.6 Å². The fourth-order valence-corrected chi connectivity index (χ4v) is 3.91. The van der Waals surface area contributed by atoms with Gasteiger partial charge in [-0.1, -0.05) is 58.0 Å². The zero-order valence-electron chi connectivity index (χ0n) is 14.2.